The van der Waals surface area contributed by atoms with Gasteiger partial charge in [-0.2, -0.15) is 0 Å². The second-order valence-electron chi connectivity index (χ2n) is 5.37. The Hall–Kier alpha value is -2.74. The molecular formula is C16H18N6OS. The van der Waals surface area contributed by atoms with Gasteiger partial charge in [-0.05, 0) is 40.9 Å². The first-order chi connectivity index (χ1) is 11.6. The van der Waals surface area contributed by atoms with E-state index in [1.807, 2.05) is 48.7 Å². The molecule has 0 bridgehead atoms. The van der Waals surface area contributed by atoms with Crippen LogP contribution < -0.4 is 10.6 Å². The predicted molar refractivity (Wildman–Crippen MR) is 93.6 cm³/mol. The van der Waals surface area contributed by atoms with Crippen LogP contribution in [0.25, 0.3) is 11.4 Å². The number of hydrogen-bond donors (Lipinski definition) is 2. The number of carbonyl (C=O) groups is 1. The zero-order valence-corrected chi connectivity index (χ0v) is 14.2. The van der Waals surface area contributed by atoms with Gasteiger partial charge in [-0.25, -0.2) is 4.68 Å². The zero-order valence-electron chi connectivity index (χ0n) is 13.4. The first kappa shape index (κ1) is 16.1. The van der Waals surface area contributed by atoms with Crippen LogP contribution in [-0.2, 0) is 11.8 Å². The van der Waals surface area contributed by atoms with Crippen LogP contribution in [0.1, 0.15) is 17.8 Å². The Balaban J connectivity index is 1.59. The summed E-state index contributed by atoms with van der Waals surface area (Å²) in [6.45, 7) is 2.18. The van der Waals surface area contributed by atoms with E-state index in [9.17, 15) is 4.79 Å². The van der Waals surface area contributed by atoms with Gasteiger partial charge in [0.2, 0.25) is 5.91 Å². The summed E-state index contributed by atoms with van der Waals surface area (Å²) in [7, 11) is 1.79. The molecule has 3 rings (SSSR count). The molecule has 2 heterocycles. The molecule has 2 aromatic heterocycles. The number of anilines is 1. The van der Waals surface area contributed by atoms with E-state index in [0.717, 1.165) is 16.1 Å². The van der Waals surface area contributed by atoms with E-state index in [0.29, 0.717) is 5.82 Å². The van der Waals surface area contributed by atoms with Crippen molar-refractivity contribution in [2.45, 2.75) is 13.0 Å². The Bertz CT molecular complexity index is 814. The fourth-order valence-corrected chi connectivity index (χ4v) is 3.06. The highest BCUT2D eigenvalue weighted by Crippen LogP contribution is 2.20. The Kier molecular flexibility index (Phi) is 4.85. The van der Waals surface area contributed by atoms with Crippen molar-refractivity contribution in [1.29, 1.82) is 0 Å². The smallest absolute Gasteiger partial charge is 0.239 e. The lowest BCUT2D eigenvalue weighted by atomic mass is 10.2. The van der Waals surface area contributed by atoms with E-state index in [1.54, 1.807) is 23.1 Å². The third-order valence-corrected chi connectivity index (χ3v) is 4.60. The van der Waals surface area contributed by atoms with Crippen molar-refractivity contribution in [3.63, 3.8) is 0 Å². The van der Waals surface area contributed by atoms with Crippen molar-refractivity contribution < 1.29 is 4.79 Å². The van der Waals surface area contributed by atoms with Crippen LogP contribution in [-0.4, -0.2) is 32.7 Å². The van der Waals surface area contributed by atoms with Gasteiger partial charge in [0.1, 0.15) is 0 Å². The molecule has 0 saturated heterocycles. The Morgan fingerprint density at radius 3 is 2.92 bits per heavy atom. The molecule has 3 aromatic rings. The molecule has 1 amide bonds. The van der Waals surface area contributed by atoms with E-state index >= 15 is 0 Å². The van der Waals surface area contributed by atoms with E-state index in [-0.39, 0.29) is 18.5 Å². The van der Waals surface area contributed by atoms with Crippen LogP contribution in [0.15, 0.2) is 41.8 Å². The first-order valence-corrected chi connectivity index (χ1v) is 8.41. The maximum absolute atomic E-state index is 12.1. The fraction of sp³-hybridized carbons (Fsp3) is 0.250. The standard InChI is InChI=1S/C16H18N6OS/c1-11(14-7-4-8-24-14)18-15(23)10-17-13-6-3-5-12(9-13)16-19-20-21-22(16)2/h3-9,11,17H,10H2,1-2H3,(H,18,23). The molecule has 0 aliphatic rings. The van der Waals surface area contributed by atoms with E-state index in [2.05, 4.69) is 26.2 Å². The quantitative estimate of drug-likeness (QED) is 0.717. The predicted octanol–water partition coefficient (Wildman–Crippen LogP) is 2.23. The average molecular weight is 342 g/mol. The summed E-state index contributed by atoms with van der Waals surface area (Å²) in [5, 5.41) is 19.6. The molecule has 7 nitrogen and oxygen atoms in total. The van der Waals surface area contributed by atoms with Crippen LogP contribution >= 0.6 is 11.3 Å². The second kappa shape index (κ2) is 7.22. The van der Waals surface area contributed by atoms with E-state index in [4.69, 9.17) is 0 Å². The van der Waals surface area contributed by atoms with Crippen LogP contribution in [0, 0.1) is 0 Å². The van der Waals surface area contributed by atoms with Gasteiger partial charge in [0.05, 0.1) is 12.6 Å². The minimum atomic E-state index is -0.0540. The Morgan fingerprint density at radius 1 is 1.33 bits per heavy atom. The van der Waals surface area contributed by atoms with Crippen molar-refractivity contribution >= 4 is 22.9 Å². The van der Waals surface area contributed by atoms with Gasteiger partial charge in [0, 0.05) is 23.2 Å². The lowest BCUT2D eigenvalue weighted by molar-refractivity contribution is -0.120. The lowest BCUT2D eigenvalue weighted by Crippen LogP contribution is -2.31. The highest BCUT2D eigenvalue weighted by atomic mass is 32.1. The van der Waals surface area contributed by atoms with Gasteiger partial charge in [0.15, 0.2) is 5.82 Å². The molecule has 8 heteroatoms. The molecule has 124 valence electrons. The highest BCUT2D eigenvalue weighted by molar-refractivity contribution is 7.10. The average Bonchev–Trinajstić information content (AvgIpc) is 3.24. The highest BCUT2D eigenvalue weighted by Gasteiger charge is 2.11. The summed E-state index contributed by atoms with van der Waals surface area (Å²) in [5.41, 5.74) is 1.73. The topological polar surface area (TPSA) is 84.7 Å². The van der Waals surface area contributed by atoms with E-state index in [1.165, 1.54) is 0 Å². The summed E-state index contributed by atoms with van der Waals surface area (Å²) in [6, 6.07) is 11.7. The number of carbonyl (C=O) groups excluding carboxylic acids is 1. The van der Waals surface area contributed by atoms with Crippen LogP contribution in [0.2, 0.25) is 0 Å². The van der Waals surface area contributed by atoms with Gasteiger partial charge in [-0.1, -0.05) is 18.2 Å². The number of hydrogen-bond acceptors (Lipinski definition) is 6. The number of nitrogens with one attached hydrogen (secondary N) is 2. The summed E-state index contributed by atoms with van der Waals surface area (Å²) < 4.78 is 1.61. The summed E-state index contributed by atoms with van der Waals surface area (Å²) in [4.78, 5) is 13.2. The fourth-order valence-electron chi connectivity index (χ4n) is 2.33. The maximum Gasteiger partial charge on any atom is 0.239 e. The molecule has 0 saturated carbocycles. The van der Waals surface area contributed by atoms with Gasteiger partial charge < -0.3 is 10.6 Å². The molecule has 24 heavy (non-hydrogen) atoms. The van der Waals surface area contributed by atoms with Crippen molar-refractivity contribution in [1.82, 2.24) is 25.5 Å². The molecule has 0 spiro atoms. The van der Waals surface area contributed by atoms with Crippen molar-refractivity contribution in [3.05, 3.63) is 46.7 Å². The third kappa shape index (κ3) is 3.77. The molecule has 0 aliphatic carbocycles. The number of thiophene rings is 1. The van der Waals surface area contributed by atoms with Crippen molar-refractivity contribution in [2.24, 2.45) is 7.05 Å². The van der Waals surface area contributed by atoms with Gasteiger partial charge >= 0.3 is 0 Å². The Labute approximate surface area is 143 Å². The molecule has 0 radical (unpaired) electrons. The molecule has 1 unspecified atom stereocenters. The SMILES string of the molecule is CC(NC(=O)CNc1cccc(-c2nnnn2C)c1)c1cccs1. The second-order valence-corrected chi connectivity index (χ2v) is 6.34. The summed E-state index contributed by atoms with van der Waals surface area (Å²) in [5.74, 6) is 0.621. The van der Waals surface area contributed by atoms with Gasteiger partial charge in [-0.15, -0.1) is 16.4 Å². The molecule has 0 fully saturated rings. The maximum atomic E-state index is 12.1. The molecular weight excluding hydrogens is 324 g/mol. The zero-order chi connectivity index (χ0) is 16.9. The van der Waals surface area contributed by atoms with Crippen molar-refractivity contribution in [3.8, 4) is 11.4 Å². The van der Waals surface area contributed by atoms with Crippen LogP contribution in [0.3, 0.4) is 0 Å². The number of nitrogens with zero attached hydrogens (tertiary/aromatic N) is 4. The number of aromatic nitrogens is 4. The molecule has 1 atom stereocenters. The number of rotatable bonds is 6. The lowest BCUT2D eigenvalue weighted by Gasteiger charge is -2.13. The normalized spacial score (nSPS) is 11.9. The van der Waals surface area contributed by atoms with Crippen LogP contribution in [0.5, 0.6) is 0 Å². The Morgan fingerprint density at radius 2 is 2.21 bits per heavy atom. The minimum absolute atomic E-state index is 0.00958. The summed E-state index contributed by atoms with van der Waals surface area (Å²) >= 11 is 1.63. The molecule has 2 N–H and O–H groups in total. The monoisotopic (exact) mass is 342 g/mol. The largest absolute Gasteiger partial charge is 0.376 e. The van der Waals surface area contributed by atoms with E-state index < -0.39 is 0 Å². The van der Waals surface area contributed by atoms with Crippen molar-refractivity contribution in [2.75, 3.05) is 11.9 Å². The first-order valence-electron chi connectivity index (χ1n) is 7.53. The summed E-state index contributed by atoms with van der Waals surface area (Å²) in [6.07, 6.45) is 0. The number of aryl methyl sites for hydroxylation is 1. The number of tetrazole rings is 1. The van der Waals surface area contributed by atoms with Crippen LogP contribution in [0.4, 0.5) is 5.69 Å². The number of amides is 1. The van der Waals surface area contributed by atoms with Gasteiger partial charge in [0.25, 0.3) is 0 Å². The van der Waals surface area contributed by atoms with Gasteiger partial charge in [-0.3, -0.25) is 4.79 Å². The molecule has 1 aromatic carbocycles. The number of benzene rings is 1. The molecule has 0 aliphatic heterocycles. The third-order valence-electron chi connectivity index (χ3n) is 3.54. The minimum Gasteiger partial charge on any atom is -0.376 e.